The maximum absolute atomic E-state index is 13.8. The molecule has 0 fully saturated rings. The van der Waals surface area contributed by atoms with Crippen LogP contribution in [0.25, 0.3) is 0 Å². The number of halogens is 1. The van der Waals surface area contributed by atoms with E-state index in [1.165, 1.54) is 23.1 Å². The molecule has 1 heterocycles. The third-order valence-corrected chi connectivity index (χ3v) is 4.18. The lowest BCUT2D eigenvalue weighted by atomic mass is 10.1. The summed E-state index contributed by atoms with van der Waals surface area (Å²) in [5.41, 5.74) is -0.300. The maximum atomic E-state index is 13.8. The average Bonchev–Trinajstić information content (AvgIpc) is 2.64. The molecule has 0 aliphatic carbocycles. The zero-order chi connectivity index (χ0) is 20.2. The van der Waals surface area contributed by atoms with E-state index in [2.05, 4.69) is 12.2 Å². The predicted octanol–water partition coefficient (Wildman–Crippen LogP) is 4.02. The molecule has 2 rings (SSSR count). The summed E-state index contributed by atoms with van der Waals surface area (Å²) in [5.74, 6) is -0.368. The van der Waals surface area contributed by atoms with Crippen LogP contribution in [-0.4, -0.2) is 36.3 Å². The Bertz CT molecular complexity index is 687. The molecule has 7 heteroatoms. The molecule has 0 saturated carbocycles. The number of unbranched alkanes of at least 4 members (excludes halogenated alkanes) is 2. The number of nitrogens with zero attached hydrogens (tertiary/aromatic N) is 1. The summed E-state index contributed by atoms with van der Waals surface area (Å²) < 4.78 is 25.0. The van der Waals surface area contributed by atoms with E-state index in [0.29, 0.717) is 18.0 Å². The standard InChI is InChI=1S/C20H29FN2O4/c1-6-7-8-11-23-15-12-14(21)9-10-16(15)26-13(2)17(18(23)24)22-19(25)27-20(3,4)5/h9-10,12-13,17H,6-8,11H2,1-5H3,(H,22,25)/t13-,17+/m1/s1. The van der Waals surface area contributed by atoms with Crippen molar-refractivity contribution >= 4 is 17.7 Å². The molecule has 0 radical (unpaired) electrons. The molecule has 1 N–H and O–H groups in total. The van der Waals surface area contributed by atoms with Crippen LogP contribution in [0.4, 0.5) is 14.9 Å². The molecule has 0 bridgehead atoms. The predicted molar refractivity (Wildman–Crippen MR) is 102 cm³/mol. The molecule has 150 valence electrons. The minimum Gasteiger partial charge on any atom is -0.486 e. The maximum Gasteiger partial charge on any atom is 0.408 e. The Morgan fingerprint density at radius 1 is 1.33 bits per heavy atom. The zero-order valence-corrected chi connectivity index (χ0v) is 16.7. The second-order valence-corrected chi connectivity index (χ2v) is 7.76. The molecule has 1 aliphatic heterocycles. The Morgan fingerprint density at radius 2 is 2.04 bits per heavy atom. The van der Waals surface area contributed by atoms with Gasteiger partial charge < -0.3 is 19.7 Å². The molecule has 2 amide bonds. The van der Waals surface area contributed by atoms with E-state index in [0.717, 1.165) is 19.3 Å². The molecule has 27 heavy (non-hydrogen) atoms. The van der Waals surface area contributed by atoms with E-state index in [-0.39, 0.29) is 5.91 Å². The molecule has 0 unspecified atom stereocenters. The fourth-order valence-corrected chi connectivity index (χ4v) is 2.92. The molecule has 1 aromatic carbocycles. The molecule has 2 atom stereocenters. The fraction of sp³-hybridized carbons (Fsp3) is 0.600. The molecular weight excluding hydrogens is 351 g/mol. The van der Waals surface area contributed by atoms with Gasteiger partial charge in [0.2, 0.25) is 0 Å². The van der Waals surface area contributed by atoms with Crippen LogP contribution in [0.3, 0.4) is 0 Å². The number of rotatable bonds is 5. The lowest BCUT2D eigenvalue weighted by Crippen LogP contribution is -2.54. The highest BCUT2D eigenvalue weighted by molar-refractivity contribution is 6.01. The summed E-state index contributed by atoms with van der Waals surface area (Å²) >= 11 is 0. The van der Waals surface area contributed by atoms with Crippen LogP contribution in [0.5, 0.6) is 5.75 Å². The highest BCUT2D eigenvalue weighted by Gasteiger charge is 2.38. The van der Waals surface area contributed by atoms with Gasteiger partial charge in [-0.15, -0.1) is 0 Å². The minimum absolute atomic E-state index is 0.339. The quantitative estimate of drug-likeness (QED) is 0.784. The topological polar surface area (TPSA) is 67.9 Å². The smallest absolute Gasteiger partial charge is 0.408 e. The highest BCUT2D eigenvalue weighted by Crippen LogP contribution is 2.34. The number of nitrogens with one attached hydrogen (secondary N) is 1. The van der Waals surface area contributed by atoms with Crippen LogP contribution in [0.15, 0.2) is 18.2 Å². The van der Waals surface area contributed by atoms with Gasteiger partial charge in [-0.05, 0) is 46.2 Å². The van der Waals surface area contributed by atoms with Gasteiger partial charge in [0.25, 0.3) is 5.91 Å². The van der Waals surface area contributed by atoms with Crippen molar-refractivity contribution in [2.24, 2.45) is 0 Å². The van der Waals surface area contributed by atoms with Crippen LogP contribution in [-0.2, 0) is 9.53 Å². The Morgan fingerprint density at radius 3 is 2.67 bits per heavy atom. The van der Waals surface area contributed by atoms with Crippen molar-refractivity contribution in [1.29, 1.82) is 0 Å². The minimum atomic E-state index is -0.933. The number of alkyl carbamates (subject to hydrolysis) is 1. The first kappa shape index (κ1) is 21.0. The van der Waals surface area contributed by atoms with E-state index < -0.39 is 29.7 Å². The van der Waals surface area contributed by atoms with E-state index in [1.54, 1.807) is 27.7 Å². The summed E-state index contributed by atoms with van der Waals surface area (Å²) in [7, 11) is 0. The summed E-state index contributed by atoms with van der Waals surface area (Å²) in [4.78, 5) is 26.9. The summed E-state index contributed by atoms with van der Waals surface area (Å²) in [6.07, 6.45) is 1.37. The zero-order valence-electron chi connectivity index (χ0n) is 16.7. The average molecular weight is 380 g/mol. The molecule has 1 aromatic rings. The lowest BCUT2D eigenvalue weighted by molar-refractivity contribution is -0.122. The Kier molecular flexibility index (Phi) is 6.68. The van der Waals surface area contributed by atoms with Gasteiger partial charge >= 0.3 is 6.09 Å². The van der Waals surface area contributed by atoms with Crippen LogP contribution in [0.2, 0.25) is 0 Å². The van der Waals surface area contributed by atoms with Gasteiger partial charge in [0.15, 0.2) is 0 Å². The van der Waals surface area contributed by atoms with Crippen molar-refractivity contribution in [2.45, 2.75) is 71.6 Å². The third-order valence-electron chi connectivity index (χ3n) is 4.18. The van der Waals surface area contributed by atoms with Crippen molar-refractivity contribution in [2.75, 3.05) is 11.4 Å². The van der Waals surface area contributed by atoms with Gasteiger partial charge in [-0.25, -0.2) is 9.18 Å². The van der Waals surface area contributed by atoms with Crippen molar-refractivity contribution < 1.29 is 23.5 Å². The van der Waals surface area contributed by atoms with Crippen molar-refractivity contribution in [3.8, 4) is 5.75 Å². The third kappa shape index (κ3) is 5.58. The number of benzene rings is 1. The highest BCUT2D eigenvalue weighted by atomic mass is 19.1. The van der Waals surface area contributed by atoms with E-state index in [4.69, 9.17) is 9.47 Å². The monoisotopic (exact) mass is 380 g/mol. The second-order valence-electron chi connectivity index (χ2n) is 7.76. The molecule has 6 nitrogen and oxygen atoms in total. The Balaban J connectivity index is 2.30. The van der Waals surface area contributed by atoms with Gasteiger partial charge in [0, 0.05) is 12.6 Å². The second kappa shape index (κ2) is 8.59. The SMILES string of the molecule is CCCCCN1C(=O)[C@@H](NC(=O)OC(C)(C)C)[C@@H](C)Oc2ccc(F)cc21. The van der Waals surface area contributed by atoms with E-state index >= 15 is 0 Å². The van der Waals surface area contributed by atoms with Crippen molar-refractivity contribution in [3.05, 3.63) is 24.0 Å². The number of fused-ring (bicyclic) bond motifs is 1. The normalized spacial score (nSPS) is 19.8. The number of amides is 2. The first-order chi connectivity index (χ1) is 12.6. The summed E-state index contributed by atoms with van der Waals surface area (Å²) in [5, 5.41) is 2.61. The number of ether oxygens (including phenoxy) is 2. The fourth-order valence-electron chi connectivity index (χ4n) is 2.92. The number of hydrogen-bond donors (Lipinski definition) is 1. The van der Waals surface area contributed by atoms with Gasteiger partial charge in [0.05, 0.1) is 5.69 Å². The van der Waals surface area contributed by atoms with Gasteiger partial charge in [-0.2, -0.15) is 0 Å². The molecular formula is C20H29FN2O4. The van der Waals surface area contributed by atoms with Crippen LogP contribution in [0, 0.1) is 5.82 Å². The lowest BCUT2D eigenvalue weighted by Gasteiger charge is -2.27. The summed E-state index contributed by atoms with van der Waals surface area (Å²) in [6.45, 7) is 9.43. The van der Waals surface area contributed by atoms with Gasteiger partial charge in [-0.3, -0.25) is 4.79 Å². The number of carbonyl (C=O) groups is 2. The van der Waals surface area contributed by atoms with Gasteiger partial charge in [0.1, 0.15) is 29.3 Å². The Labute approximate surface area is 160 Å². The van der Waals surface area contributed by atoms with Crippen molar-refractivity contribution in [1.82, 2.24) is 5.32 Å². The van der Waals surface area contributed by atoms with Crippen LogP contribution < -0.4 is 15.0 Å². The van der Waals surface area contributed by atoms with Crippen LogP contribution in [0.1, 0.15) is 53.9 Å². The molecule has 0 aromatic heterocycles. The molecule has 0 saturated heterocycles. The molecule has 1 aliphatic rings. The van der Waals surface area contributed by atoms with Gasteiger partial charge in [-0.1, -0.05) is 19.8 Å². The Hall–Kier alpha value is -2.31. The van der Waals surface area contributed by atoms with E-state index in [9.17, 15) is 14.0 Å². The first-order valence-electron chi connectivity index (χ1n) is 9.39. The van der Waals surface area contributed by atoms with Crippen LogP contribution >= 0.6 is 0 Å². The number of carbonyl (C=O) groups excluding carboxylic acids is 2. The first-order valence-corrected chi connectivity index (χ1v) is 9.39. The van der Waals surface area contributed by atoms with E-state index in [1.807, 2.05) is 0 Å². The summed E-state index contributed by atoms with van der Waals surface area (Å²) in [6, 6.07) is 3.16. The molecule has 0 spiro atoms. The largest absolute Gasteiger partial charge is 0.486 e. The van der Waals surface area contributed by atoms with Crippen molar-refractivity contribution in [3.63, 3.8) is 0 Å². The number of anilines is 1. The number of hydrogen-bond acceptors (Lipinski definition) is 4.